The quantitative estimate of drug-likeness (QED) is 0.442. The lowest BCUT2D eigenvalue weighted by molar-refractivity contribution is -0.178. The number of fused-ring (bicyclic) bond motifs is 2. The third kappa shape index (κ3) is 5.84. The van der Waals surface area contributed by atoms with Crippen LogP contribution in [0.25, 0.3) is 6.08 Å². The second kappa shape index (κ2) is 11.5. The summed E-state index contributed by atoms with van der Waals surface area (Å²) in [5.74, 6) is -2.83. The van der Waals surface area contributed by atoms with Crippen LogP contribution in [0, 0.1) is 17.8 Å². The predicted octanol–water partition coefficient (Wildman–Crippen LogP) is 4.46. The molecule has 0 amide bonds. The Kier molecular flexibility index (Phi) is 9.04. The number of cyclic esters (lactones) is 1. The van der Waals surface area contributed by atoms with E-state index in [1.165, 1.54) is 6.92 Å². The van der Waals surface area contributed by atoms with E-state index in [-0.39, 0.29) is 18.9 Å². The second-order valence-electron chi connectivity index (χ2n) is 11.0. The van der Waals surface area contributed by atoms with Gasteiger partial charge >= 0.3 is 5.97 Å². The molecule has 1 saturated heterocycles. The first-order chi connectivity index (χ1) is 17.4. The largest absolute Gasteiger partial charge is 0.485 e. The van der Waals surface area contributed by atoms with E-state index in [1.807, 2.05) is 63.3 Å². The van der Waals surface area contributed by atoms with Gasteiger partial charge in [0.25, 0.3) is 0 Å². The zero-order valence-corrected chi connectivity index (χ0v) is 23.1. The lowest BCUT2D eigenvalue weighted by Crippen LogP contribution is -2.52. The van der Waals surface area contributed by atoms with Crippen LogP contribution < -0.4 is 0 Å². The standard InChI is InChI=1S/C30H42O7/c1-8-23-30(7)27(33)21(5)25(37-30)18(2)17-29(6,35-16-12-15-22-13-10-9-11-14-22)26(32)19(3)24(31)20(4)28(34)36-23/h9-15,19-21,23,26-27,32-33H,8,16-17H2,1-7H3/b15-12+,25-18-/t19-,20+,21-,23+,26+,27+,29+,30+/m0/s1. The molecule has 2 heterocycles. The first-order valence-corrected chi connectivity index (χ1v) is 13.2. The van der Waals surface area contributed by atoms with E-state index in [0.29, 0.717) is 12.2 Å². The van der Waals surface area contributed by atoms with Gasteiger partial charge in [0.1, 0.15) is 23.9 Å². The zero-order valence-electron chi connectivity index (χ0n) is 23.1. The van der Waals surface area contributed by atoms with Gasteiger partial charge in [-0.1, -0.05) is 63.3 Å². The van der Waals surface area contributed by atoms with Crippen molar-refractivity contribution in [1.29, 1.82) is 0 Å². The summed E-state index contributed by atoms with van der Waals surface area (Å²) in [5, 5.41) is 22.6. The normalized spacial score (nSPS) is 39.5. The molecule has 0 aromatic heterocycles. The fourth-order valence-electron chi connectivity index (χ4n) is 5.65. The van der Waals surface area contributed by atoms with Crippen LogP contribution in [0.1, 0.15) is 66.9 Å². The van der Waals surface area contributed by atoms with Crippen LogP contribution in [0.5, 0.6) is 0 Å². The smallest absolute Gasteiger partial charge is 0.316 e. The lowest BCUT2D eigenvalue weighted by Gasteiger charge is -2.38. The molecule has 2 aliphatic rings. The molecule has 2 aliphatic heterocycles. The number of ether oxygens (including phenoxy) is 3. The molecule has 1 aromatic carbocycles. The molecule has 2 N–H and O–H groups in total. The van der Waals surface area contributed by atoms with Crippen molar-refractivity contribution in [3.63, 3.8) is 0 Å². The van der Waals surface area contributed by atoms with Gasteiger partial charge in [0.2, 0.25) is 0 Å². The van der Waals surface area contributed by atoms with E-state index in [1.54, 1.807) is 20.8 Å². The molecule has 0 aliphatic carbocycles. The number of ketones is 1. The summed E-state index contributed by atoms with van der Waals surface area (Å²) < 4.78 is 18.4. The van der Waals surface area contributed by atoms with Crippen molar-refractivity contribution in [2.24, 2.45) is 17.8 Å². The topological polar surface area (TPSA) is 102 Å². The fraction of sp³-hybridized carbons (Fsp3) is 0.600. The Balaban J connectivity index is 2.01. The van der Waals surface area contributed by atoms with Crippen LogP contribution in [0.4, 0.5) is 0 Å². The molecule has 7 heteroatoms. The summed E-state index contributed by atoms with van der Waals surface area (Å²) in [6.45, 7) is 12.4. The molecule has 3 rings (SSSR count). The molecule has 2 bridgehead atoms. The van der Waals surface area contributed by atoms with Crippen molar-refractivity contribution in [3.8, 4) is 0 Å². The molecule has 1 aromatic rings. The summed E-state index contributed by atoms with van der Waals surface area (Å²) in [6.07, 6.45) is 1.61. The number of hydrogen-bond acceptors (Lipinski definition) is 7. The van der Waals surface area contributed by atoms with E-state index in [9.17, 15) is 19.8 Å². The van der Waals surface area contributed by atoms with Crippen LogP contribution >= 0.6 is 0 Å². The lowest BCUT2D eigenvalue weighted by atomic mass is 9.79. The molecule has 0 saturated carbocycles. The monoisotopic (exact) mass is 514 g/mol. The van der Waals surface area contributed by atoms with E-state index < -0.39 is 53.1 Å². The van der Waals surface area contributed by atoms with E-state index in [4.69, 9.17) is 14.2 Å². The first-order valence-electron chi connectivity index (χ1n) is 13.2. The molecule has 204 valence electrons. The van der Waals surface area contributed by atoms with Crippen molar-refractivity contribution < 1.29 is 34.0 Å². The van der Waals surface area contributed by atoms with Gasteiger partial charge in [-0.2, -0.15) is 0 Å². The minimum absolute atomic E-state index is 0.207. The van der Waals surface area contributed by atoms with Crippen LogP contribution in [-0.4, -0.2) is 58.1 Å². The highest BCUT2D eigenvalue weighted by molar-refractivity contribution is 6.00. The highest BCUT2D eigenvalue weighted by atomic mass is 16.6. The fourth-order valence-corrected chi connectivity index (χ4v) is 5.65. The van der Waals surface area contributed by atoms with E-state index in [2.05, 4.69) is 0 Å². The van der Waals surface area contributed by atoms with Crippen molar-refractivity contribution >= 4 is 17.8 Å². The van der Waals surface area contributed by atoms with E-state index >= 15 is 0 Å². The maximum atomic E-state index is 13.3. The van der Waals surface area contributed by atoms with Gasteiger partial charge < -0.3 is 24.4 Å². The number of carbonyl (C=O) groups is 2. The molecule has 37 heavy (non-hydrogen) atoms. The Morgan fingerprint density at radius 2 is 1.70 bits per heavy atom. The van der Waals surface area contributed by atoms with Gasteiger partial charge in [0.05, 0.1) is 18.3 Å². The number of aliphatic hydroxyl groups is 2. The second-order valence-corrected chi connectivity index (χ2v) is 11.0. The van der Waals surface area contributed by atoms with Gasteiger partial charge in [-0.05, 0) is 45.3 Å². The number of esters is 1. The predicted molar refractivity (Wildman–Crippen MR) is 141 cm³/mol. The van der Waals surface area contributed by atoms with Crippen molar-refractivity contribution in [2.75, 3.05) is 6.61 Å². The number of rotatable bonds is 5. The molecule has 1 fully saturated rings. The number of hydrogen-bond donors (Lipinski definition) is 2. The molecule has 0 unspecified atom stereocenters. The molecule has 7 nitrogen and oxygen atoms in total. The maximum Gasteiger partial charge on any atom is 0.316 e. The average molecular weight is 515 g/mol. The Morgan fingerprint density at radius 1 is 1.05 bits per heavy atom. The molecule has 0 radical (unpaired) electrons. The molecule has 0 spiro atoms. The van der Waals surface area contributed by atoms with Crippen LogP contribution in [0.3, 0.4) is 0 Å². The molecule has 8 atom stereocenters. The van der Waals surface area contributed by atoms with Gasteiger partial charge in [-0.3, -0.25) is 9.59 Å². The van der Waals surface area contributed by atoms with Gasteiger partial charge in [0, 0.05) is 18.3 Å². The molecular formula is C30H42O7. The first kappa shape index (κ1) is 29.1. The number of aliphatic hydroxyl groups excluding tert-OH is 2. The van der Waals surface area contributed by atoms with Gasteiger partial charge in [-0.15, -0.1) is 0 Å². The average Bonchev–Trinajstić information content (AvgIpc) is 3.12. The number of benzene rings is 1. The van der Waals surface area contributed by atoms with Crippen LogP contribution in [0.15, 0.2) is 47.7 Å². The van der Waals surface area contributed by atoms with Crippen molar-refractivity contribution in [3.05, 3.63) is 53.3 Å². The highest BCUT2D eigenvalue weighted by Crippen LogP contribution is 2.45. The van der Waals surface area contributed by atoms with Crippen molar-refractivity contribution in [1.82, 2.24) is 0 Å². The summed E-state index contributed by atoms with van der Waals surface area (Å²) in [4.78, 5) is 26.3. The summed E-state index contributed by atoms with van der Waals surface area (Å²) in [5.41, 5.74) is -0.510. The van der Waals surface area contributed by atoms with Gasteiger partial charge in [-0.25, -0.2) is 0 Å². The highest BCUT2D eigenvalue weighted by Gasteiger charge is 2.55. The van der Waals surface area contributed by atoms with Crippen LogP contribution in [0.2, 0.25) is 0 Å². The SMILES string of the molecule is CC[C@H]1OC(=O)[C@H](C)C(=O)[C@H](C)[C@@H](O)[C@](C)(OC/C=C/c2ccccc2)C/C(C)=C2\O[C@@]1(C)[C@H](O)[C@H]2C. The zero-order chi connectivity index (χ0) is 27.5. The third-order valence-corrected chi connectivity index (χ3v) is 8.06. The Bertz CT molecular complexity index is 1030. The minimum Gasteiger partial charge on any atom is -0.485 e. The molecular weight excluding hydrogens is 472 g/mol. The summed E-state index contributed by atoms with van der Waals surface area (Å²) >= 11 is 0. The maximum absolute atomic E-state index is 13.3. The Hall–Kier alpha value is -2.48. The summed E-state index contributed by atoms with van der Waals surface area (Å²) in [6, 6.07) is 9.80. The van der Waals surface area contributed by atoms with Crippen LogP contribution in [-0.2, 0) is 23.8 Å². The minimum atomic E-state index is -1.20. The van der Waals surface area contributed by atoms with E-state index in [0.717, 1.165) is 11.1 Å². The number of carbonyl (C=O) groups excluding carboxylic acids is 2. The Morgan fingerprint density at radius 3 is 2.32 bits per heavy atom. The Labute approximate surface area is 220 Å². The summed E-state index contributed by atoms with van der Waals surface area (Å²) in [7, 11) is 0. The third-order valence-electron chi connectivity index (χ3n) is 8.06. The van der Waals surface area contributed by atoms with Crippen molar-refractivity contribution in [2.45, 2.75) is 90.8 Å². The van der Waals surface area contributed by atoms with Gasteiger partial charge in [0.15, 0.2) is 11.4 Å². The number of Topliss-reactive ketones (excluding diaryl/α,β-unsaturated/α-hetero) is 1.